The zero-order valence-corrected chi connectivity index (χ0v) is 31.2. The van der Waals surface area contributed by atoms with Crippen molar-refractivity contribution < 1.29 is 0 Å². The van der Waals surface area contributed by atoms with E-state index in [1.54, 1.807) is 0 Å². The monoisotopic (exact) mass is 740 g/mol. The number of hydrogen-bond acceptors (Lipinski definition) is 6. The van der Waals surface area contributed by atoms with Crippen molar-refractivity contribution in [2.45, 2.75) is 0 Å². The first-order valence-electron chi connectivity index (χ1n) is 19.4. The fourth-order valence-electron chi connectivity index (χ4n) is 9.04. The number of rotatable bonds is 6. The summed E-state index contributed by atoms with van der Waals surface area (Å²) in [6.07, 6.45) is 9.66. The third kappa shape index (κ3) is 4.85. The van der Waals surface area contributed by atoms with Gasteiger partial charge < -0.3 is 9.80 Å². The van der Waals surface area contributed by atoms with E-state index in [2.05, 4.69) is 155 Å². The lowest BCUT2D eigenvalue weighted by Crippen LogP contribution is -2.13. The third-order valence-electron chi connectivity index (χ3n) is 11.6. The molecule has 0 atom stereocenters. The van der Waals surface area contributed by atoms with Gasteiger partial charge in [0, 0.05) is 62.5 Å². The van der Waals surface area contributed by atoms with E-state index in [1.165, 1.54) is 21.5 Å². The van der Waals surface area contributed by atoms with E-state index in [4.69, 9.17) is 19.9 Å². The van der Waals surface area contributed by atoms with Crippen LogP contribution in [0.4, 0.5) is 34.1 Å². The van der Waals surface area contributed by atoms with E-state index < -0.39 is 0 Å². The molecule has 4 aromatic heterocycles. The molecule has 270 valence electrons. The molecule has 0 aliphatic heterocycles. The van der Waals surface area contributed by atoms with Crippen LogP contribution in [0.1, 0.15) is 0 Å². The van der Waals surface area contributed by atoms with Crippen LogP contribution in [0.5, 0.6) is 0 Å². The number of aromatic nitrogens is 4. The van der Waals surface area contributed by atoms with Crippen LogP contribution in [0.2, 0.25) is 0 Å². The Morgan fingerprint density at radius 1 is 0.276 bits per heavy atom. The van der Waals surface area contributed by atoms with Gasteiger partial charge in [-0.3, -0.25) is 19.9 Å². The summed E-state index contributed by atoms with van der Waals surface area (Å²) < 4.78 is 0. The molecule has 4 heterocycles. The Morgan fingerprint density at radius 3 is 1.17 bits per heavy atom. The number of pyridine rings is 4. The highest BCUT2D eigenvalue weighted by atomic mass is 15.2. The first-order valence-corrected chi connectivity index (χ1v) is 19.4. The van der Waals surface area contributed by atoms with Crippen LogP contribution in [0, 0.1) is 0 Å². The van der Waals surface area contributed by atoms with Gasteiger partial charge in [0.2, 0.25) is 0 Å². The third-order valence-corrected chi connectivity index (χ3v) is 11.6. The summed E-state index contributed by atoms with van der Waals surface area (Å²) in [6.45, 7) is 0. The van der Waals surface area contributed by atoms with Gasteiger partial charge in [0.15, 0.2) is 0 Å². The van der Waals surface area contributed by atoms with Crippen LogP contribution in [0.15, 0.2) is 195 Å². The molecule has 6 heteroatoms. The Hall–Kier alpha value is -7.96. The Kier molecular flexibility index (Phi) is 7.13. The fraction of sp³-hybridized carbons (Fsp3) is 0. The van der Waals surface area contributed by atoms with E-state index in [9.17, 15) is 0 Å². The highest BCUT2D eigenvalue weighted by molar-refractivity contribution is 6.29. The standard InChI is InChI=1S/C52H32N6/c1-2-10-36-35(9-1)31-53-32-50(36)58(49-27-30-56-44-16-8-5-13-39(44)49)46-24-20-34-17-21-40-45(23-19-33-18-22-41(46)52(34)51(33)40)57(47-25-28-54-42-14-6-3-11-37(42)47)48-26-29-55-43-15-7-4-12-38(43)48/h1-32H. The molecule has 12 rings (SSSR count). The second-order valence-corrected chi connectivity index (χ2v) is 14.7. The van der Waals surface area contributed by atoms with Crippen LogP contribution in [0.3, 0.4) is 0 Å². The van der Waals surface area contributed by atoms with Gasteiger partial charge >= 0.3 is 0 Å². The highest BCUT2D eigenvalue weighted by Gasteiger charge is 2.25. The van der Waals surface area contributed by atoms with Crippen molar-refractivity contribution in [1.82, 2.24) is 19.9 Å². The van der Waals surface area contributed by atoms with Gasteiger partial charge in [-0.05, 0) is 70.1 Å². The van der Waals surface area contributed by atoms with Crippen molar-refractivity contribution in [2.24, 2.45) is 0 Å². The SMILES string of the molecule is c1ccc2c(N(c3ccnc4ccccc34)c3ccc4ccc5c(N(c6ccnc7ccccc67)c6ccnc7ccccc67)ccc6ccc3c4c65)cncc2c1. The maximum atomic E-state index is 4.79. The molecule has 6 nitrogen and oxygen atoms in total. The summed E-state index contributed by atoms with van der Waals surface area (Å²) in [6, 6.07) is 58.2. The summed E-state index contributed by atoms with van der Waals surface area (Å²) in [4.78, 5) is 23.9. The Labute approximate surface area is 333 Å². The molecule has 0 aliphatic rings. The van der Waals surface area contributed by atoms with Crippen molar-refractivity contribution in [3.8, 4) is 0 Å². The van der Waals surface area contributed by atoms with E-state index >= 15 is 0 Å². The molecule has 8 aromatic carbocycles. The molecule has 0 radical (unpaired) electrons. The van der Waals surface area contributed by atoms with E-state index in [1.807, 2.05) is 49.2 Å². The molecule has 0 unspecified atom stereocenters. The molecule has 0 amide bonds. The van der Waals surface area contributed by atoms with Gasteiger partial charge in [-0.25, -0.2) is 0 Å². The van der Waals surface area contributed by atoms with Crippen LogP contribution >= 0.6 is 0 Å². The molecule has 58 heavy (non-hydrogen) atoms. The zero-order chi connectivity index (χ0) is 38.2. The predicted molar refractivity (Wildman–Crippen MR) is 241 cm³/mol. The number of benzene rings is 8. The van der Waals surface area contributed by atoms with Crippen LogP contribution in [-0.4, -0.2) is 19.9 Å². The molecule has 0 fully saturated rings. The normalized spacial score (nSPS) is 11.8. The topological polar surface area (TPSA) is 58.0 Å². The van der Waals surface area contributed by atoms with Crippen molar-refractivity contribution in [3.05, 3.63) is 195 Å². The number of para-hydroxylation sites is 3. The average molecular weight is 741 g/mol. The fourth-order valence-corrected chi connectivity index (χ4v) is 9.04. The van der Waals surface area contributed by atoms with Crippen molar-refractivity contribution in [1.29, 1.82) is 0 Å². The number of fused-ring (bicyclic) bond motifs is 4. The second-order valence-electron chi connectivity index (χ2n) is 14.7. The lowest BCUT2D eigenvalue weighted by Gasteiger charge is -2.30. The highest BCUT2D eigenvalue weighted by Crippen LogP contribution is 2.50. The summed E-state index contributed by atoms with van der Waals surface area (Å²) in [5.41, 5.74) is 9.12. The largest absolute Gasteiger partial charge is 0.308 e. The molecular weight excluding hydrogens is 709 g/mol. The number of nitrogens with zero attached hydrogens (tertiary/aromatic N) is 6. The minimum absolute atomic E-state index is 0.938. The summed E-state index contributed by atoms with van der Waals surface area (Å²) >= 11 is 0. The van der Waals surface area contributed by atoms with Crippen LogP contribution in [-0.2, 0) is 0 Å². The van der Waals surface area contributed by atoms with Gasteiger partial charge in [-0.2, -0.15) is 0 Å². The predicted octanol–water partition coefficient (Wildman–Crippen LogP) is 13.7. The van der Waals surface area contributed by atoms with E-state index in [0.29, 0.717) is 0 Å². The van der Waals surface area contributed by atoms with Gasteiger partial charge in [0.05, 0.1) is 56.9 Å². The molecule has 0 N–H and O–H groups in total. The smallest absolute Gasteiger partial charge is 0.0723 e. The van der Waals surface area contributed by atoms with E-state index in [0.717, 1.165) is 88.4 Å². The van der Waals surface area contributed by atoms with Crippen LogP contribution in [0.25, 0.3) is 75.8 Å². The average Bonchev–Trinajstić information content (AvgIpc) is 3.29. The molecule has 0 bridgehead atoms. The Balaban J connectivity index is 1.17. The van der Waals surface area contributed by atoms with Gasteiger partial charge in [0.25, 0.3) is 0 Å². The first-order chi connectivity index (χ1) is 28.8. The first kappa shape index (κ1) is 32.3. The molecular formula is C52H32N6. The second kappa shape index (κ2) is 12.8. The Morgan fingerprint density at radius 2 is 0.672 bits per heavy atom. The van der Waals surface area contributed by atoms with Crippen molar-refractivity contribution in [3.63, 3.8) is 0 Å². The number of anilines is 6. The van der Waals surface area contributed by atoms with Crippen molar-refractivity contribution in [2.75, 3.05) is 9.80 Å². The summed E-state index contributed by atoms with van der Waals surface area (Å²) in [7, 11) is 0. The Bertz CT molecular complexity index is 3150. The molecule has 0 saturated heterocycles. The minimum atomic E-state index is 0.938. The quantitative estimate of drug-likeness (QED) is 0.158. The minimum Gasteiger partial charge on any atom is -0.308 e. The molecule has 0 saturated carbocycles. The van der Waals surface area contributed by atoms with E-state index in [-0.39, 0.29) is 0 Å². The number of hydrogen-bond donors (Lipinski definition) is 0. The lowest BCUT2D eigenvalue weighted by atomic mass is 9.91. The maximum Gasteiger partial charge on any atom is 0.0723 e. The lowest BCUT2D eigenvalue weighted by molar-refractivity contribution is 1.26. The van der Waals surface area contributed by atoms with Gasteiger partial charge in [-0.1, -0.05) is 115 Å². The van der Waals surface area contributed by atoms with Crippen molar-refractivity contribution >= 4 is 110 Å². The molecule has 12 aromatic rings. The maximum absolute atomic E-state index is 4.79. The molecule has 0 spiro atoms. The zero-order valence-electron chi connectivity index (χ0n) is 31.2. The van der Waals surface area contributed by atoms with Gasteiger partial charge in [-0.15, -0.1) is 0 Å². The van der Waals surface area contributed by atoms with Crippen LogP contribution < -0.4 is 9.80 Å². The van der Waals surface area contributed by atoms with Gasteiger partial charge in [0.1, 0.15) is 0 Å². The summed E-state index contributed by atoms with van der Waals surface area (Å²) in [5, 5.41) is 12.5. The molecule has 0 aliphatic carbocycles. The summed E-state index contributed by atoms with van der Waals surface area (Å²) in [5.74, 6) is 0.